The molecule has 3 nitrogen and oxygen atoms in total. The van der Waals surface area contributed by atoms with E-state index in [1.54, 1.807) is 11.4 Å². The van der Waals surface area contributed by atoms with Crippen LogP contribution in [0.25, 0.3) is 0 Å². The normalized spacial score (nSPS) is 11.4. The van der Waals surface area contributed by atoms with Crippen molar-refractivity contribution in [3.63, 3.8) is 0 Å². The van der Waals surface area contributed by atoms with E-state index in [2.05, 4.69) is 0 Å². The Labute approximate surface area is 87.3 Å². The molecule has 78 valence electrons. The van der Waals surface area contributed by atoms with Crippen LogP contribution < -0.4 is 4.74 Å². The van der Waals surface area contributed by atoms with E-state index in [-0.39, 0.29) is 10.3 Å². The molecule has 0 radical (unpaired) electrons. The van der Waals surface area contributed by atoms with Crippen LogP contribution in [0, 0.1) is 5.41 Å². The zero-order chi connectivity index (χ0) is 10.8. The molecule has 0 aliphatic heterocycles. The molecule has 0 saturated carbocycles. The van der Waals surface area contributed by atoms with Crippen molar-refractivity contribution in [3.8, 4) is 5.75 Å². The van der Waals surface area contributed by atoms with E-state index in [9.17, 15) is 4.79 Å². The molecule has 1 N–H and O–H groups in total. The minimum absolute atomic E-state index is 0.0394. The van der Waals surface area contributed by atoms with Gasteiger partial charge in [0.15, 0.2) is 4.88 Å². The van der Waals surface area contributed by atoms with Crippen LogP contribution in [-0.2, 0) is 0 Å². The highest BCUT2D eigenvalue weighted by atomic mass is 32.1. The molecule has 14 heavy (non-hydrogen) atoms. The lowest BCUT2D eigenvalue weighted by Gasteiger charge is -2.18. The summed E-state index contributed by atoms with van der Waals surface area (Å²) in [6, 6.07) is 1.69. The summed E-state index contributed by atoms with van der Waals surface area (Å²) < 4.78 is 5.43. The van der Waals surface area contributed by atoms with Gasteiger partial charge in [-0.3, -0.25) is 0 Å². The summed E-state index contributed by atoms with van der Waals surface area (Å²) in [6.07, 6.45) is 0. The van der Waals surface area contributed by atoms with Gasteiger partial charge in [-0.25, -0.2) is 4.79 Å². The van der Waals surface area contributed by atoms with Crippen molar-refractivity contribution < 1.29 is 14.6 Å². The lowest BCUT2D eigenvalue weighted by molar-refractivity contribution is 0.0695. The number of hydrogen-bond acceptors (Lipinski definition) is 3. The van der Waals surface area contributed by atoms with Gasteiger partial charge in [-0.1, -0.05) is 20.8 Å². The summed E-state index contributed by atoms with van der Waals surface area (Å²) in [6.45, 7) is 6.64. The molecule has 0 spiro atoms. The lowest BCUT2D eigenvalue weighted by atomic mass is 9.99. The number of rotatable bonds is 3. The van der Waals surface area contributed by atoms with Crippen molar-refractivity contribution in [2.75, 3.05) is 6.61 Å². The Hall–Kier alpha value is -1.03. The van der Waals surface area contributed by atoms with Crippen LogP contribution in [0.5, 0.6) is 5.75 Å². The van der Waals surface area contributed by atoms with E-state index in [1.807, 2.05) is 20.8 Å². The molecule has 1 aromatic rings. The predicted octanol–water partition coefficient (Wildman–Crippen LogP) is 2.87. The first-order chi connectivity index (χ1) is 6.40. The second-order valence-corrected chi connectivity index (χ2v) is 5.18. The third-order valence-corrected chi connectivity index (χ3v) is 2.37. The van der Waals surface area contributed by atoms with Crippen molar-refractivity contribution >= 4 is 17.3 Å². The smallest absolute Gasteiger partial charge is 0.349 e. The van der Waals surface area contributed by atoms with Gasteiger partial charge in [0, 0.05) is 0 Å². The quantitative estimate of drug-likeness (QED) is 0.841. The highest BCUT2D eigenvalue weighted by molar-refractivity contribution is 7.12. The molecule has 0 amide bonds. The van der Waals surface area contributed by atoms with Crippen LogP contribution in [0.2, 0.25) is 0 Å². The third-order valence-electron chi connectivity index (χ3n) is 1.48. The van der Waals surface area contributed by atoms with Gasteiger partial charge in [0.1, 0.15) is 5.75 Å². The van der Waals surface area contributed by atoms with Crippen molar-refractivity contribution in [1.82, 2.24) is 0 Å². The van der Waals surface area contributed by atoms with Gasteiger partial charge in [0.2, 0.25) is 0 Å². The Kier molecular flexibility index (Phi) is 3.16. The summed E-state index contributed by atoms with van der Waals surface area (Å²) >= 11 is 1.18. The average molecular weight is 214 g/mol. The molecule has 0 unspecified atom stereocenters. The molecule has 0 aromatic carbocycles. The Morgan fingerprint density at radius 2 is 2.21 bits per heavy atom. The number of ether oxygens (including phenoxy) is 1. The highest BCUT2D eigenvalue weighted by Gasteiger charge is 2.16. The Bertz CT molecular complexity index is 322. The fraction of sp³-hybridized carbons (Fsp3) is 0.500. The Morgan fingerprint density at radius 3 is 2.71 bits per heavy atom. The molecule has 0 atom stereocenters. The number of carboxylic acid groups (broad SMARTS) is 1. The average Bonchev–Trinajstić information content (AvgIpc) is 2.46. The van der Waals surface area contributed by atoms with Crippen LogP contribution in [0.1, 0.15) is 30.4 Å². The zero-order valence-electron chi connectivity index (χ0n) is 8.53. The molecule has 0 saturated heterocycles. The maximum atomic E-state index is 10.7. The largest absolute Gasteiger partial charge is 0.491 e. The first-order valence-electron chi connectivity index (χ1n) is 4.34. The fourth-order valence-corrected chi connectivity index (χ4v) is 1.53. The van der Waals surface area contributed by atoms with E-state index in [4.69, 9.17) is 9.84 Å². The van der Waals surface area contributed by atoms with Crippen LogP contribution in [0.3, 0.4) is 0 Å². The predicted molar refractivity (Wildman–Crippen MR) is 56.2 cm³/mol. The van der Waals surface area contributed by atoms with Gasteiger partial charge in [-0.05, 0) is 16.9 Å². The van der Waals surface area contributed by atoms with Gasteiger partial charge in [-0.15, -0.1) is 11.3 Å². The van der Waals surface area contributed by atoms with Crippen molar-refractivity contribution in [1.29, 1.82) is 0 Å². The summed E-state index contributed by atoms with van der Waals surface area (Å²) in [4.78, 5) is 11.0. The molecular weight excluding hydrogens is 200 g/mol. The number of thiophene rings is 1. The molecule has 0 bridgehead atoms. The zero-order valence-corrected chi connectivity index (χ0v) is 9.35. The minimum atomic E-state index is -0.927. The number of carbonyl (C=O) groups is 1. The SMILES string of the molecule is CC(C)(C)COc1ccsc1C(=O)O. The van der Waals surface area contributed by atoms with Crippen LogP contribution in [-0.4, -0.2) is 17.7 Å². The second-order valence-electron chi connectivity index (χ2n) is 4.27. The van der Waals surface area contributed by atoms with Crippen molar-refractivity contribution in [2.24, 2.45) is 5.41 Å². The van der Waals surface area contributed by atoms with Gasteiger partial charge in [0.05, 0.1) is 6.61 Å². The van der Waals surface area contributed by atoms with Gasteiger partial charge in [-0.2, -0.15) is 0 Å². The number of aromatic carboxylic acids is 1. The summed E-state index contributed by atoms with van der Waals surface area (Å²) in [7, 11) is 0. The van der Waals surface area contributed by atoms with E-state index >= 15 is 0 Å². The Balaban J connectivity index is 2.68. The lowest BCUT2D eigenvalue weighted by Crippen LogP contribution is -2.17. The second kappa shape index (κ2) is 4.00. The molecule has 1 rings (SSSR count). The number of carboxylic acids is 1. The van der Waals surface area contributed by atoms with Crippen LogP contribution in [0.15, 0.2) is 11.4 Å². The molecule has 1 aromatic heterocycles. The summed E-state index contributed by atoms with van der Waals surface area (Å²) in [5.74, 6) is -0.457. The minimum Gasteiger partial charge on any atom is -0.491 e. The molecule has 0 aliphatic carbocycles. The van der Waals surface area contributed by atoms with E-state index in [0.29, 0.717) is 12.4 Å². The van der Waals surface area contributed by atoms with Crippen LogP contribution in [0.4, 0.5) is 0 Å². The molecule has 4 heteroatoms. The molecule has 0 aliphatic rings. The van der Waals surface area contributed by atoms with Crippen LogP contribution >= 0.6 is 11.3 Å². The first kappa shape index (κ1) is 11.0. The first-order valence-corrected chi connectivity index (χ1v) is 5.22. The maximum absolute atomic E-state index is 10.7. The van der Waals surface area contributed by atoms with E-state index in [0.717, 1.165) is 0 Å². The van der Waals surface area contributed by atoms with E-state index in [1.165, 1.54) is 11.3 Å². The van der Waals surface area contributed by atoms with E-state index < -0.39 is 5.97 Å². The molecule has 1 heterocycles. The molecular formula is C10H14O3S. The summed E-state index contributed by atoms with van der Waals surface area (Å²) in [5.41, 5.74) is 0.0394. The summed E-state index contributed by atoms with van der Waals surface area (Å²) in [5, 5.41) is 10.5. The monoisotopic (exact) mass is 214 g/mol. The van der Waals surface area contributed by atoms with Crippen molar-refractivity contribution in [3.05, 3.63) is 16.3 Å². The Morgan fingerprint density at radius 1 is 1.57 bits per heavy atom. The maximum Gasteiger partial charge on any atom is 0.349 e. The fourth-order valence-electron chi connectivity index (χ4n) is 0.861. The highest BCUT2D eigenvalue weighted by Crippen LogP contribution is 2.26. The van der Waals surface area contributed by atoms with Crippen molar-refractivity contribution in [2.45, 2.75) is 20.8 Å². The van der Waals surface area contributed by atoms with Gasteiger partial charge < -0.3 is 9.84 Å². The third kappa shape index (κ3) is 3.03. The van der Waals surface area contributed by atoms with Gasteiger partial charge in [0.25, 0.3) is 0 Å². The van der Waals surface area contributed by atoms with Gasteiger partial charge >= 0.3 is 5.97 Å². The number of hydrogen-bond donors (Lipinski definition) is 1. The standard InChI is InChI=1S/C10H14O3S/c1-10(2,3)6-13-7-4-5-14-8(7)9(11)12/h4-5H,6H2,1-3H3,(H,11,12). The topological polar surface area (TPSA) is 46.5 Å². The molecule has 0 fully saturated rings.